The predicted molar refractivity (Wildman–Crippen MR) is 58.7 cm³/mol. The first-order valence-electron chi connectivity index (χ1n) is 4.66. The van der Waals surface area contributed by atoms with Gasteiger partial charge in [0.25, 0.3) is 0 Å². The Hall–Kier alpha value is -0.670. The number of para-hydroxylation sites is 1. The highest BCUT2D eigenvalue weighted by molar-refractivity contribution is 7.81. The Balaban J connectivity index is 2.22. The molecule has 0 spiro atoms. The molecule has 14 heavy (non-hydrogen) atoms. The number of ether oxygens (including phenoxy) is 2. The quantitative estimate of drug-likeness (QED) is 0.718. The highest BCUT2D eigenvalue weighted by atomic mass is 32.1. The van der Waals surface area contributed by atoms with Gasteiger partial charge in [0.2, 0.25) is 6.29 Å². The third kappa shape index (κ3) is 1.88. The van der Waals surface area contributed by atoms with Crippen LogP contribution in [-0.4, -0.2) is 11.0 Å². The summed E-state index contributed by atoms with van der Waals surface area (Å²) in [6.45, 7) is 4.56. The molecule has 1 unspecified atom stereocenters. The standard InChI is InChI=1S/C11H14O2S/c1-11(2,14)10-12-7-8-5-3-4-6-9(8)13-10/h3-6,10,14H,7H2,1-2H3. The third-order valence-corrected chi connectivity index (χ3v) is 2.38. The molecular formula is C11H14O2S. The Morgan fingerprint density at radius 3 is 2.79 bits per heavy atom. The molecule has 0 radical (unpaired) electrons. The van der Waals surface area contributed by atoms with E-state index in [1.165, 1.54) is 0 Å². The summed E-state index contributed by atoms with van der Waals surface area (Å²) in [6, 6.07) is 7.92. The van der Waals surface area contributed by atoms with Crippen LogP contribution in [0.15, 0.2) is 24.3 Å². The normalized spacial score (nSPS) is 21.2. The van der Waals surface area contributed by atoms with Crippen molar-refractivity contribution in [3.8, 4) is 5.75 Å². The van der Waals surface area contributed by atoms with E-state index < -0.39 is 0 Å². The number of rotatable bonds is 1. The molecule has 0 saturated carbocycles. The Morgan fingerprint density at radius 1 is 1.36 bits per heavy atom. The van der Waals surface area contributed by atoms with Crippen molar-refractivity contribution in [3.63, 3.8) is 0 Å². The molecule has 3 heteroatoms. The van der Waals surface area contributed by atoms with E-state index >= 15 is 0 Å². The fraction of sp³-hybridized carbons (Fsp3) is 0.455. The van der Waals surface area contributed by atoms with E-state index in [4.69, 9.17) is 9.47 Å². The molecule has 2 nitrogen and oxygen atoms in total. The smallest absolute Gasteiger partial charge is 0.214 e. The first kappa shape index (κ1) is 9.87. The molecule has 76 valence electrons. The van der Waals surface area contributed by atoms with Crippen LogP contribution in [0.5, 0.6) is 5.75 Å². The molecule has 0 saturated heterocycles. The molecule has 1 aliphatic rings. The van der Waals surface area contributed by atoms with E-state index in [2.05, 4.69) is 12.6 Å². The lowest BCUT2D eigenvalue weighted by Crippen LogP contribution is -2.40. The van der Waals surface area contributed by atoms with Gasteiger partial charge in [0.05, 0.1) is 11.4 Å². The molecule has 1 heterocycles. The Kier molecular flexibility index (Phi) is 2.45. The van der Waals surface area contributed by atoms with Gasteiger partial charge in [0.1, 0.15) is 5.75 Å². The summed E-state index contributed by atoms with van der Waals surface area (Å²) in [6.07, 6.45) is -0.277. The molecule has 1 atom stereocenters. The maximum absolute atomic E-state index is 5.70. The molecule has 0 bridgehead atoms. The van der Waals surface area contributed by atoms with Crippen molar-refractivity contribution in [2.45, 2.75) is 31.5 Å². The topological polar surface area (TPSA) is 18.5 Å². The molecular weight excluding hydrogens is 196 g/mol. The summed E-state index contributed by atoms with van der Waals surface area (Å²) in [5, 5.41) is 0. The largest absolute Gasteiger partial charge is 0.463 e. The molecule has 0 aliphatic carbocycles. The van der Waals surface area contributed by atoms with Crippen LogP contribution < -0.4 is 4.74 Å². The molecule has 0 amide bonds. The van der Waals surface area contributed by atoms with Crippen molar-refractivity contribution in [2.75, 3.05) is 0 Å². The second-order valence-electron chi connectivity index (χ2n) is 4.02. The van der Waals surface area contributed by atoms with Crippen LogP contribution in [0.3, 0.4) is 0 Å². The SMILES string of the molecule is CC(C)(S)C1OCc2ccccc2O1. The summed E-state index contributed by atoms with van der Waals surface area (Å²) < 4.78 is 11.0. The number of benzene rings is 1. The monoisotopic (exact) mass is 210 g/mol. The minimum absolute atomic E-state index is 0.277. The van der Waals surface area contributed by atoms with E-state index in [-0.39, 0.29) is 11.0 Å². The Labute approximate surface area is 89.6 Å². The van der Waals surface area contributed by atoms with Crippen LogP contribution in [-0.2, 0) is 11.3 Å². The fourth-order valence-corrected chi connectivity index (χ4v) is 1.53. The zero-order valence-electron chi connectivity index (χ0n) is 8.36. The molecule has 2 rings (SSSR count). The van der Waals surface area contributed by atoms with Crippen molar-refractivity contribution in [3.05, 3.63) is 29.8 Å². The average Bonchev–Trinajstić information content (AvgIpc) is 2.16. The molecule has 1 aliphatic heterocycles. The average molecular weight is 210 g/mol. The lowest BCUT2D eigenvalue weighted by molar-refractivity contribution is -0.122. The summed E-state index contributed by atoms with van der Waals surface area (Å²) in [5.74, 6) is 0.908. The van der Waals surface area contributed by atoms with Crippen molar-refractivity contribution < 1.29 is 9.47 Å². The summed E-state index contributed by atoms with van der Waals surface area (Å²) in [7, 11) is 0. The van der Waals surface area contributed by atoms with Crippen molar-refractivity contribution in [1.82, 2.24) is 0 Å². The van der Waals surface area contributed by atoms with E-state index in [1.54, 1.807) is 0 Å². The van der Waals surface area contributed by atoms with Gasteiger partial charge in [-0.05, 0) is 19.9 Å². The molecule has 0 aromatic heterocycles. The van der Waals surface area contributed by atoms with Gasteiger partial charge < -0.3 is 9.47 Å². The molecule has 0 N–H and O–H groups in total. The maximum Gasteiger partial charge on any atom is 0.214 e. The van der Waals surface area contributed by atoms with Crippen LogP contribution in [0.25, 0.3) is 0 Å². The van der Waals surface area contributed by atoms with E-state index in [0.717, 1.165) is 11.3 Å². The summed E-state index contributed by atoms with van der Waals surface area (Å²) >= 11 is 4.44. The lowest BCUT2D eigenvalue weighted by Gasteiger charge is -2.34. The van der Waals surface area contributed by atoms with Gasteiger partial charge in [-0.15, -0.1) is 0 Å². The third-order valence-electron chi connectivity index (χ3n) is 2.17. The van der Waals surface area contributed by atoms with Crippen LogP contribution in [0.2, 0.25) is 0 Å². The number of hydrogen-bond donors (Lipinski definition) is 1. The number of thiol groups is 1. The number of fused-ring (bicyclic) bond motifs is 1. The van der Waals surface area contributed by atoms with Crippen molar-refractivity contribution in [2.24, 2.45) is 0 Å². The molecule has 0 fully saturated rings. The van der Waals surface area contributed by atoms with Gasteiger partial charge in [-0.2, -0.15) is 12.6 Å². The summed E-state index contributed by atoms with van der Waals surface area (Å²) in [4.78, 5) is 0. The first-order chi connectivity index (χ1) is 6.57. The van der Waals surface area contributed by atoms with E-state index in [9.17, 15) is 0 Å². The Morgan fingerprint density at radius 2 is 2.07 bits per heavy atom. The van der Waals surface area contributed by atoms with Crippen LogP contribution in [0, 0.1) is 0 Å². The lowest BCUT2D eigenvalue weighted by atomic mass is 10.1. The highest BCUT2D eigenvalue weighted by Crippen LogP contribution is 2.31. The van der Waals surface area contributed by atoms with Gasteiger partial charge in [-0.25, -0.2) is 0 Å². The van der Waals surface area contributed by atoms with E-state index in [1.807, 2.05) is 38.1 Å². The summed E-state index contributed by atoms with van der Waals surface area (Å²) in [5.41, 5.74) is 1.10. The second-order valence-corrected chi connectivity index (χ2v) is 5.17. The second kappa shape index (κ2) is 3.48. The van der Waals surface area contributed by atoms with Gasteiger partial charge >= 0.3 is 0 Å². The zero-order valence-corrected chi connectivity index (χ0v) is 9.25. The molecule has 1 aromatic carbocycles. The maximum atomic E-state index is 5.70. The minimum atomic E-state index is -0.284. The van der Waals surface area contributed by atoms with Crippen LogP contribution in [0.4, 0.5) is 0 Å². The fourth-order valence-electron chi connectivity index (χ4n) is 1.40. The van der Waals surface area contributed by atoms with Gasteiger partial charge in [0.15, 0.2) is 0 Å². The molecule has 1 aromatic rings. The Bertz CT molecular complexity index is 330. The highest BCUT2D eigenvalue weighted by Gasteiger charge is 2.31. The predicted octanol–water partition coefficient (Wildman–Crippen LogP) is 2.63. The van der Waals surface area contributed by atoms with Gasteiger partial charge in [-0.3, -0.25) is 0 Å². The van der Waals surface area contributed by atoms with E-state index in [0.29, 0.717) is 6.61 Å². The number of hydrogen-bond acceptors (Lipinski definition) is 3. The van der Waals surface area contributed by atoms with Crippen molar-refractivity contribution >= 4 is 12.6 Å². The van der Waals surface area contributed by atoms with Gasteiger partial charge in [0, 0.05) is 5.56 Å². The first-order valence-corrected chi connectivity index (χ1v) is 5.10. The van der Waals surface area contributed by atoms with Crippen LogP contribution >= 0.6 is 12.6 Å². The zero-order chi connectivity index (χ0) is 10.2. The van der Waals surface area contributed by atoms with Crippen molar-refractivity contribution in [1.29, 1.82) is 0 Å². The van der Waals surface area contributed by atoms with Gasteiger partial charge in [-0.1, -0.05) is 18.2 Å². The van der Waals surface area contributed by atoms with Crippen LogP contribution in [0.1, 0.15) is 19.4 Å². The minimum Gasteiger partial charge on any atom is -0.463 e.